The highest BCUT2D eigenvalue weighted by molar-refractivity contribution is 7.89. The Balaban J connectivity index is 1.47. The van der Waals surface area contributed by atoms with Crippen molar-refractivity contribution < 1.29 is 17.9 Å². The lowest BCUT2D eigenvalue weighted by atomic mass is 10.3. The predicted molar refractivity (Wildman–Crippen MR) is 102 cm³/mol. The summed E-state index contributed by atoms with van der Waals surface area (Å²) >= 11 is 5.80. The van der Waals surface area contributed by atoms with Crippen molar-refractivity contribution in [1.82, 2.24) is 14.5 Å². The second kappa shape index (κ2) is 8.60. The third-order valence-electron chi connectivity index (χ3n) is 4.18. The normalized spacial score (nSPS) is 15.4. The van der Waals surface area contributed by atoms with Gasteiger partial charge in [-0.3, -0.25) is 0 Å². The maximum absolute atomic E-state index is 12.6. The van der Waals surface area contributed by atoms with Crippen LogP contribution in [0.2, 0.25) is 5.02 Å². The number of carbonyl (C=O) groups excluding carboxylic acids is 1. The molecule has 0 radical (unpaired) electrons. The summed E-state index contributed by atoms with van der Waals surface area (Å²) in [5.74, 6) is 0.596. The number of sulfonamides is 1. The summed E-state index contributed by atoms with van der Waals surface area (Å²) < 4.78 is 32.0. The quantitative estimate of drug-likeness (QED) is 0.769. The number of carbonyl (C=O) groups is 1. The highest BCUT2D eigenvalue weighted by Gasteiger charge is 2.29. The summed E-state index contributed by atoms with van der Waals surface area (Å²) in [4.78, 5) is 14.0. The second-order valence-electron chi connectivity index (χ2n) is 5.93. The van der Waals surface area contributed by atoms with Gasteiger partial charge in [-0.05, 0) is 36.4 Å². The number of halogens is 1. The molecule has 0 aliphatic carbocycles. The zero-order chi connectivity index (χ0) is 19.3. The Morgan fingerprint density at radius 2 is 1.63 bits per heavy atom. The van der Waals surface area contributed by atoms with Crippen molar-refractivity contribution in [2.75, 3.05) is 32.9 Å². The third kappa shape index (κ3) is 4.91. The molecule has 0 saturated carbocycles. The van der Waals surface area contributed by atoms with E-state index in [4.69, 9.17) is 16.3 Å². The van der Waals surface area contributed by atoms with Gasteiger partial charge in [0.1, 0.15) is 5.75 Å². The van der Waals surface area contributed by atoms with E-state index in [0.29, 0.717) is 23.9 Å². The molecule has 0 spiro atoms. The van der Waals surface area contributed by atoms with Gasteiger partial charge in [-0.1, -0.05) is 29.8 Å². The zero-order valence-corrected chi connectivity index (χ0v) is 16.1. The number of urea groups is 1. The van der Waals surface area contributed by atoms with Crippen molar-refractivity contribution in [2.24, 2.45) is 0 Å². The molecule has 27 heavy (non-hydrogen) atoms. The third-order valence-corrected chi connectivity index (χ3v) is 6.35. The van der Waals surface area contributed by atoms with Crippen LogP contribution in [0.15, 0.2) is 59.5 Å². The van der Waals surface area contributed by atoms with Crippen LogP contribution in [-0.2, 0) is 10.0 Å². The Morgan fingerprint density at radius 3 is 2.26 bits per heavy atom. The standard InChI is InChI=1S/C18H20ClN3O4S/c19-15-6-8-16(9-7-15)26-14-20-18(23)21-10-12-22(13-11-21)27(24,25)17-4-2-1-3-5-17/h1-9H,10-14H2,(H,20,23). The lowest BCUT2D eigenvalue weighted by Gasteiger charge is -2.33. The molecule has 2 aromatic rings. The van der Waals surface area contributed by atoms with E-state index in [1.807, 2.05) is 0 Å². The van der Waals surface area contributed by atoms with Crippen molar-refractivity contribution in [3.63, 3.8) is 0 Å². The number of benzene rings is 2. The van der Waals surface area contributed by atoms with Crippen molar-refractivity contribution in [3.8, 4) is 5.75 Å². The number of piperazine rings is 1. The summed E-state index contributed by atoms with van der Waals surface area (Å²) in [5, 5.41) is 3.27. The number of rotatable bonds is 5. The Labute approximate surface area is 163 Å². The van der Waals surface area contributed by atoms with Crippen LogP contribution < -0.4 is 10.1 Å². The number of nitrogens with one attached hydrogen (secondary N) is 1. The molecule has 9 heteroatoms. The van der Waals surface area contributed by atoms with E-state index in [-0.39, 0.29) is 30.7 Å². The summed E-state index contributed by atoms with van der Waals surface area (Å²) in [6, 6.07) is 14.8. The van der Waals surface area contributed by atoms with Gasteiger partial charge in [0.05, 0.1) is 4.90 Å². The maximum atomic E-state index is 12.6. The minimum Gasteiger partial charge on any atom is -0.473 e. The number of nitrogens with zero attached hydrogens (tertiary/aromatic N) is 2. The molecular weight excluding hydrogens is 390 g/mol. The average Bonchev–Trinajstić information content (AvgIpc) is 2.70. The Kier molecular flexibility index (Phi) is 6.20. The molecule has 1 fully saturated rings. The minimum atomic E-state index is -3.53. The molecule has 0 atom stereocenters. The van der Waals surface area contributed by atoms with E-state index in [9.17, 15) is 13.2 Å². The minimum absolute atomic E-state index is 0.0169. The van der Waals surface area contributed by atoms with Crippen LogP contribution in [0.5, 0.6) is 5.75 Å². The van der Waals surface area contributed by atoms with Gasteiger partial charge in [-0.2, -0.15) is 4.31 Å². The lowest BCUT2D eigenvalue weighted by Crippen LogP contribution is -2.53. The number of amides is 2. The first kappa shape index (κ1) is 19.5. The molecule has 0 unspecified atom stereocenters. The molecule has 1 saturated heterocycles. The van der Waals surface area contributed by atoms with Crippen LogP contribution in [0, 0.1) is 0 Å². The maximum Gasteiger partial charge on any atom is 0.320 e. The lowest BCUT2D eigenvalue weighted by molar-refractivity contribution is 0.162. The first-order valence-electron chi connectivity index (χ1n) is 8.43. The van der Waals surface area contributed by atoms with Gasteiger partial charge in [0.25, 0.3) is 0 Å². The van der Waals surface area contributed by atoms with Gasteiger partial charge in [-0.15, -0.1) is 0 Å². The second-order valence-corrected chi connectivity index (χ2v) is 8.30. The Hall–Kier alpha value is -2.29. The van der Waals surface area contributed by atoms with Crippen molar-refractivity contribution in [1.29, 1.82) is 0 Å². The molecule has 1 aliphatic heterocycles. The van der Waals surface area contributed by atoms with Gasteiger partial charge in [0.2, 0.25) is 10.0 Å². The van der Waals surface area contributed by atoms with Crippen LogP contribution >= 0.6 is 11.6 Å². The van der Waals surface area contributed by atoms with Crippen molar-refractivity contribution in [2.45, 2.75) is 4.90 Å². The van der Waals surface area contributed by atoms with Crippen molar-refractivity contribution in [3.05, 3.63) is 59.6 Å². The predicted octanol–water partition coefficient (Wildman–Crippen LogP) is 2.39. The molecular formula is C18H20ClN3O4S. The van der Waals surface area contributed by atoms with Gasteiger partial charge in [0, 0.05) is 31.2 Å². The molecule has 7 nitrogen and oxygen atoms in total. The summed E-state index contributed by atoms with van der Waals surface area (Å²) in [5.41, 5.74) is 0. The monoisotopic (exact) mass is 409 g/mol. The molecule has 3 rings (SSSR count). The molecule has 1 N–H and O–H groups in total. The van der Waals surface area contributed by atoms with Gasteiger partial charge < -0.3 is 15.0 Å². The van der Waals surface area contributed by atoms with E-state index in [2.05, 4.69) is 5.32 Å². The molecule has 0 aromatic heterocycles. The van der Waals surface area contributed by atoms with Gasteiger partial charge in [-0.25, -0.2) is 13.2 Å². The fourth-order valence-electron chi connectivity index (χ4n) is 2.70. The van der Waals surface area contributed by atoms with Crippen LogP contribution in [0.3, 0.4) is 0 Å². The van der Waals surface area contributed by atoms with Gasteiger partial charge >= 0.3 is 6.03 Å². The van der Waals surface area contributed by atoms with Crippen LogP contribution in [0.4, 0.5) is 4.79 Å². The number of ether oxygens (including phenoxy) is 1. The van der Waals surface area contributed by atoms with E-state index < -0.39 is 10.0 Å². The molecule has 2 amide bonds. The topological polar surface area (TPSA) is 79.0 Å². The SMILES string of the molecule is O=C(NCOc1ccc(Cl)cc1)N1CCN(S(=O)(=O)c2ccccc2)CC1. The summed E-state index contributed by atoms with van der Waals surface area (Å²) in [6.45, 7) is 1.16. The van der Waals surface area contributed by atoms with E-state index >= 15 is 0 Å². The highest BCUT2D eigenvalue weighted by Crippen LogP contribution is 2.17. The highest BCUT2D eigenvalue weighted by atomic mass is 35.5. The van der Waals surface area contributed by atoms with Crippen LogP contribution in [-0.4, -0.2) is 56.6 Å². The number of hydrogen-bond donors (Lipinski definition) is 1. The van der Waals surface area contributed by atoms with Crippen LogP contribution in [0.25, 0.3) is 0 Å². The summed E-state index contributed by atoms with van der Waals surface area (Å²) in [6.07, 6.45) is 0. The first-order chi connectivity index (χ1) is 13.0. The fraction of sp³-hybridized carbons (Fsp3) is 0.278. The summed E-state index contributed by atoms with van der Waals surface area (Å²) in [7, 11) is -3.53. The smallest absolute Gasteiger partial charge is 0.320 e. The largest absolute Gasteiger partial charge is 0.473 e. The molecule has 1 heterocycles. The van der Waals surface area contributed by atoms with E-state index in [1.54, 1.807) is 59.5 Å². The van der Waals surface area contributed by atoms with Crippen molar-refractivity contribution >= 4 is 27.7 Å². The Bertz CT molecular complexity index is 867. The number of hydrogen-bond acceptors (Lipinski definition) is 4. The Morgan fingerprint density at radius 1 is 1.00 bits per heavy atom. The molecule has 0 bridgehead atoms. The molecule has 144 valence electrons. The first-order valence-corrected chi connectivity index (χ1v) is 10.2. The fourth-order valence-corrected chi connectivity index (χ4v) is 4.27. The van der Waals surface area contributed by atoms with Gasteiger partial charge in [0.15, 0.2) is 6.73 Å². The van der Waals surface area contributed by atoms with Crippen LogP contribution in [0.1, 0.15) is 0 Å². The zero-order valence-electron chi connectivity index (χ0n) is 14.5. The van der Waals surface area contributed by atoms with E-state index in [0.717, 1.165) is 0 Å². The van der Waals surface area contributed by atoms with E-state index in [1.165, 1.54) is 4.31 Å². The molecule has 1 aliphatic rings. The average molecular weight is 410 g/mol. The molecule has 2 aromatic carbocycles.